The third kappa shape index (κ3) is 6.34. The number of rotatable bonds is 9. The van der Waals surface area contributed by atoms with E-state index in [-0.39, 0.29) is 47.9 Å². The number of amides is 1. The molecule has 0 radical (unpaired) electrons. The third-order valence-electron chi connectivity index (χ3n) is 7.54. The number of Topliss-reactive ketones (excluding diaryl/α,β-unsaturated/α-hetero) is 1. The van der Waals surface area contributed by atoms with Gasteiger partial charge in [0, 0.05) is 30.3 Å². The molecule has 1 saturated heterocycles. The van der Waals surface area contributed by atoms with Gasteiger partial charge in [-0.2, -0.15) is 0 Å². The summed E-state index contributed by atoms with van der Waals surface area (Å²) < 4.78 is 32.9. The van der Waals surface area contributed by atoms with Crippen molar-refractivity contribution in [2.24, 2.45) is 11.8 Å². The summed E-state index contributed by atoms with van der Waals surface area (Å²) in [6.45, 7) is 0.130. The highest BCUT2D eigenvalue weighted by Crippen LogP contribution is 2.36. The van der Waals surface area contributed by atoms with Crippen LogP contribution in [-0.4, -0.2) is 46.5 Å². The van der Waals surface area contributed by atoms with Crippen LogP contribution in [0.3, 0.4) is 0 Å². The molecule has 1 saturated carbocycles. The minimum atomic E-state index is -0.804. The number of hydrogen-bond donors (Lipinski definition) is 3. The van der Waals surface area contributed by atoms with Crippen LogP contribution >= 0.6 is 0 Å². The molecule has 0 bridgehead atoms. The molecular weight excluding hydrogens is 492 g/mol. The molecule has 38 heavy (non-hydrogen) atoms. The maximum absolute atomic E-state index is 13.9. The summed E-state index contributed by atoms with van der Waals surface area (Å²) in [5, 5.41) is 15.6. The van der Waals surface area contributed by atoms with Crippen LogP contribution in [0.25, 0.3) is 0 Å². The van der Waals surface area contributed by atoms with Crippen LogP contribution in [0.1, 0.15) is 48.9 Å². The minimum absolute atomic E-state index is 0.0638. The number of nitrogens with zero attached hydrogens (tertiary/aromatic N) is 1. The van der Waals surface area contributed by atoms with Gasteiger partial charge in [-0.3, -0.25) is 9.59 Å². The Morgan fingerprint density at radius 3 is 2.61 bits per heavy atom. The lowest BCUT2D eigenvalue weighted by atomic mass is 9.79. The van der Waals surface area contributed by atoms with E-state index in [1.807, 2.05) is 0 Å². The van der Waals surface area contributed by atoms with E-state index in [0.29, 0.717) is 29.2 Å². The number of hydrogen-bond acceptors (Lipinski definition) is 6. The predicted octanol–water partition coefficient (Wildman–Crippen LogP) is 4.39. The van der Waals surface area contributed by atoms with E-state index in [2.05, 4.69) is 15.6 Å². The molecular formula is C29H31F2N3O4. The first kappa shape index (κ1) is 26.2. The van der Waals surface area contributed by atoms with Crippen molar-refractivity contribution in [1.82, 2.24) is 15.6 Å². The summed E-state index contributed by atoms with van der Waals surface area (Å²) in [6, 6.07) is 8.68. The van der Waals surface area contributed by atoms with Crippen LogP contribution in [-0.2, 0) is 4.79 Å². The van der Waals surface area contributed by atoms with Gasteiger partial charge < -0.3 is 20.5 Å². The van der Waals surface area contributed by atoms with Crippen molar-refractivity contribution in [2.45, 2.75) is 56.7 Å². The zero-order chi connectivity index (χ0) is 26.6. The summed E-state index contributed by atoms with van der Waals surface area (Å²) in [4.78, 5) is 30.0. The normalized spacial score (nSPS) is 26.7. The van der Waals surface area contributed by atoms with Crippen molar-refractivity contribution < 1.29 is 28.2 Å². The lowest BCUT2D eigenvalue weighted by Crippen LogP contribution is -2.35. The van der Waals surface area contributed by atoms with E-state index < -0.39 is 11.9 Å². The van der Waals surface area contributed by atoms with Crippen LogP contribution in [0.4, 0.5) is 8.78 Å². The number of halogens is 2. The summed E-state index contributed by atoms with van der Waals surface area (Å²) >= 11 is 0. The summed E-state index contributed by atoms with van der Waals surface area (Å²) in [5.41, 5.74) is 0.791. The van der Waals surface area contributed by atoms with Crippen LogP contribution in [0, 0.1) is 17.7 Å². The first-order chi connectivity index (χ1) is 18.4. The first-order valence-electron chi connectivity index (χ1n) is 13.1. The number of aliphatic hydroxyl groups excluding tert-OH is 1. The van der Waals surface area contributed by atoms with Gasteiger partial charge >= 0.3 is 0 Å². The topological polar surface area (TPSA) is 110 Å². The molecule has 1 amide bonds. The summed E-state index contributed by atoms with van der Waals surface area (Å²) in [7, 11) is 0. The largest absolute Gasteiger partial charge is 0.438 e. The molecule has 1 aliphatic heterocycles. The van der Waals surface area contributed by atoms with E-state index in [1.165, 1.54) is 30.3 Å². The lowest BCUT2D eigenvalue weighted by Gasteiger charge is -2.28. The molecule has 200 valence electrons. The molecule has 3 unspecified atom stereocenters. The molecule has 2 aromatic rings. The second kappa shape index (κ2) is 11.5. The van der Waals surface area contributed by atoms with Crippen LogP contribution in [0.5, 0.6) is 11.6 Å². The molecule has 2 fully saturated rings. The Labute approximate surface area is 220 Å². The quantitative estimate of drug-likeness (QED) is 0.332. The van der Waals surface area contributed by atoms with Crippen molar-refractivity contribution in [1.29, 1.82) is 0 Å². The Morgan fingerprint density at radius 2 is 1.87 bits per heavy atom. The van der Waals surface area contributed by atoms with Crippen LogP contribution < -0.4 is 15.4 Å². The van der Waals surface area contributed by atoms with Crippen molar-refractivity contribution in [3.05, 3.63) is 77.5 Å². The highest BCUT2D eigenvalue weighted by molar-refractivity contribution is 6.04. The highest BCUT2D eigenvalue weighted by atomic mass is 19.1. The van der Waals surface area contributed by atoms with Gasteiger partial charge in [-0.05, 0) is 86.9 Å². The maximum Gasteiger partial charge on any atom is 0.230 e. The molecule has 3 N–H and O–H groups in total. The van der Waals surface area contributed by atoms with Crippen molar-refractivity contribution in [3.8, 4) is 11.6 Å². The average Bonchev–Trinajstić information content (AvgIpc) is 3.68. The van der Waals surface area contributed by atoms with Gasteiger partial charge in [0.15, 0.2) is 5.78 Å². The van der Waals surface area contributed by atoms with E-state index in [9.17, 15) is 23.5 Å². The molecule has 1 aromatic heterocycles. The van der Waals surface area contributed by atoms with Crippen LogP contribution in [0.2, 0.25) is 0 Å². The monoisotopic (exact) mass is 523 g/mol. The van der Waals surface area contributed by atoms with Gasteiger partial charge in [0.1, 0.15) is 17.4 Å². The average molecular weight is 524 g/mol. The maximum atomic E-state index is 13.9. The van der Waals surface area contributed by atoms with Gasteiger partial charge in [0.2, 0.25) is 11.8 Å². The second-order valence-corrected chi connectivity index (χ2v) is 10.2. The third-order valence-corrected chi connectivity index (χ3v) is 7.54. The van der Waals surface area contributed by atoms with E-state index in [4.69, 9.17) is 4.74 Å². The number of benzene rings is 1. The first-order valence-corrected chi connectivity index (χ1v) is 13.1. The fraction of sp³-hybridized carbons (Fsp3) is 0.414. The van der Waals surface area contributed by atoms with E-state index in [0.717, 1.165) is 32.1 Å². The van der Waals surface area contributed by atoms with Crippen molar-refractivity contribution >= 4 is 11.7 Å². The van der Waals surface area contributed by atoms with Gasteiger partial charge in [-0.1, -0.05) is 6.08 Å². The zero-order valence-electron chi connectivity index (χ0n) is 20.9. The Kier molecular flexibility index (Phi) is 7.95. The number of ether oxygens (including phenoxy) is 1. The fourth-order valence-corrected chi connectivity index (χ4v) is 5.29. The highest BCUT2D eigenvalue weighted by Gasteiger charge is 2.44. The number of carbonyl (C=O) groups excluding carboxylic acids is 2. The molecule has 2 aliphatic carbocycles. The number of ketones is 1. The number of aliphatic hydroxyl groups is 1. The Morgan fingerprint density at radius 1 is 1.11 bits per heavy atom. The van der Waals surface area contributed by atoms with Gasteiger partial charge in [0.05, 0.1) is 17.7 Å². The van der Waals surface area contributed by atoms with E-state index >= 15 is 0 Å². The number of carbonyl (C=O) groups is 2. The van der Waals surface area contributed by atoms with E-state index in [1.54, 1.807) is 24.4 Å². The molecule has 7 nitrogen and oxygen atoms in total. The molecule has 2 heterocycles. The Balaban J connectivity index is 1.07. The SMILES string of the molecule is O=C(NCC1=CCC(O)C=C1F)C1CCC(CC2NC2C(=O)c2cccnc2Oc2ccc(F)cc2)CC1. The summed E-state index contributed by atoms with van der Waals surface area (Å²) in [5.74, 6) is -0.0877. The minimum Gasteiger partial charge on any atom is -0.438 e. The van der Waals surface area contributed by atoms with Gasteiger partial charge in [-0.15, -0.1) is 0 Å². The molecule has 9 heteroatoms. The van der Waals surface area contributed by atoms with Crippen LogP contribution in [0.15, 0.2) is 66.1 Å². The smallest absolute Gasteiger partial charge is 0.230 e. The summed E-state index contributed by atoms with van der Waals surface area (Å²) in [6.07, 6.45) is 8.05. The molecule has 3 aliphatic rings. The standard InChI is InChI=1S/C29H31F2N3O4/c30-20-8-11-22(12-9-20)38-29-23(2-1-13-32-29)27(36)26-25(34-26)14-17-3-5-18(6-4-17)28(37)33-16-19-7-10-21(35)15-24(19)31/h1-2,7-9,11-13,15,17-18,21,25-26,34-35H,3-6,10,14,16H2,(H,33,37). The van der Waals surface area contributed by atoms with Gasteiger partial charge in [0.25, 0.3) is 0 Å². The Bertz CT molecular complexity index is 1240. The molecule has 0 spiro atoms. The number of pyridine rings is 1. The molecule has 1 aromatic carbocycles. The van der Waals surface area contributed by atoms with Crippen molar-refractivity contribution in [3.63, 3.8) is 0 Å². The van der Waals surface area contributed by atoms with Gasteiger partial charge in [-0.25, -0.2) is 13.8 Å². The lowest BCUT2D eigenvalue weighted by molar-refractivity contribution is -0.126. The number of nitrogens with one attached hydrogen (secondary N) is 2. The predicted molar refractivity (Wildman–Crippen MR) is 137 cm³/mol. The number of aromatic nitrogens is 1. The second-order valence-electron chi connectivity index (χ2n) is 10.2. The molecule has 3 atom stereocenters. The van der Waals surface area contributed by atoms with Crippen molar-refractivity contribution in [2.75, 3.05) is 6.54 Å². The zero-order valence-corrected chi connectivity index (χ0v) is 20.9. The fourth-order valence-electron chi connectivity index (χ4n) is 5.29. The molecule has 5 rings (SSSR count). The Hall–Kier alpha value is -3.43.